The first-order valence-corrected chi connectivity index (χ1v) is 6.58. The number of aromatic nitrogens is 2. The summed E-state index contributed by atoms with van der Waals surface area (Å²) in [7, 11) is 0. The lowest BCUT2D eigenvalue weighted by atomic mass is 10.3. The molecule has 0 spiro atoms. The highest BCUT2D eigenvalue weighted by Crippen LogP contribution is 2.23. The van der Waals surface area contributed by atoms with Gasteiger partial charge in [0.1, 0.15) is 5.69 Å². The van der Waals surface area contributed by atoms with E-state index in [2.05, 4.69) is 15.3 Å². The Bertz CT molecular complexity index is 616. The number of thiazole rings is 1. The molecule has 3 nitrogen and oxygen atoms in total. The van der Waals surface area contributed by atoms with Gasteiger partial charge in [-0.05, 0) is 13.8 Å². The van der Waals surface area contributed by atoms with Gasteiger partial charge in [-0.25, -0.2) is 4.98 Å². The van der Waals surface area contributed by atoms with Crippen LogP contribution in [0, 0.1) is 37.4 Å². The van der Waals surface area contributed by atoms with Gasteiger partial charge in [-0.1, -0.05) is 0 Å². The van der Waals surface area contributed by atoms with Crippen LogP contribution in [-0.4, -0.2) is 16.5 Å². The average Bonchev–Trinajstić information content (AvgIpc) is 2.70. The first-order chi connectivity index (χ1) is 9.40. The molecule has 2 heterocycles. The second-order valence-electron chi connectivity index (χ2n) is 4.11. The van der Waals surface area contributed by atoms with Crippen molar-refractivity contribution in [3.63, 3.8) is 0 Å². The second-order valence-corrected chi connectivity index (χ2v) is 5.40. The maximum absolute atomic E-state index is 13.3. The molecule has 0 aliphatic heterocycles. The highest BCUT2D eigenvalue weighted by molar-refractivity contribution is 7.11. The van der Waals surface area contributed by atoms with E-state index in [-0.39, 0.29) is 6.54 Å². The van der Waals surface area contributed by atoms with E-state index in [0.29, 0.717) is 6.42 Å². The van der Waals surface area contributed by atoms with Gasteiger partial charge in [0.15, 0.2) is 0 Å². The first-order valence-electron chi connectivity index (χ1n) is 5.77. The van der Waals surface area contributed by atoms with Crippen LogP contribution in [0.5, 0.6) is 0 Å². The third-order valence-electron chi connectivity index (χ3n) is 2.65. The van der Waals surface area contributed by atoms with Gasteiger partial charge in [0.2, 0.25) is 11.6 Å². The number of aryl methyl sites for hydroxylation is 2. The molecule has 0 bridgehead atoms. The van der Waals surface area contributed by atoms with Crippen molar-refractivity contribution in [2.45, 2.75) is 20.3 Å². The Labute approximate surface area is 116 Å². The Hall–Kier alpha value is -1.70. The number of pyridine rings is 1. The van der Waals surface area contributed by atoms with E-state index >= 15 is 0 Å². The summed E-state index contributed by atoms with van der Waals surface area (Å²) in [6.07, 6.45) is 0.446. The number of nitrogens with zero attached hydrogens (tertiary/aromatic N) is 2. The molecule has 0 amide bonds. The zero-order chi connectivity index (χ0) is 14.9. The minimum Gasteiger partial charge on any atom is -0.380 e. The molecule has 0 radical (unpaired) electrons. The zero-order valence-electron chi connectivity index (χ0n) is 10.7. The van der Waals surface area contributed by atoms with E-state index in [4.69, 9.17) is 0 Å². The van der Waals surface area contributed by atoms with Crippen molar-refractivity contribution in [3.05, 3.63) is 39.1 Å². The molecule has 2 rings (SSSR count). The molecule has 0 aromatic carbocycles. The highest BCUT2D eigenvalue weighted by Gasteiger charge is 2.20. The Morgan fingerprint density at radius 2 is 1.60 bits per heavy atom. The molecule has 108 valence electrons. The first kappa shape index (κ1) is 14.7. The predicted molar refractivity (Wildman–Crippen MR) is 67.9 cm³/mol. The van der Waals surface area contributed by atoms with Crippen LogP contribution in [0.1, 0.15) is 15.6 Å². The number of anilines is 1. The van der Waals surface area contributed by atoms with Gasteiger partial charge in [-0.3, -0.25) is 0 Å². The number of nitrogens with one attached hydrogen (secondary N) is 1. The fourth-order valence-corrected chi connectivity index (χ4v) is 2.69. The SMILES string of the molecule is Cc1nc(C)c(CCNc2c(F)c(F)nc(F)c2F)s1. The second kappa shape index (κ2) is 5.74. The third-order valence-corrected chi connectivity index (χ3v) is 3.78. The molecule has 0 atom stereocenters. The molecule has 2 aromatic rings. The molecule has 0 saturated carbocycles. The van der Waals surface area contributed by atoms with Crippen LogP contribution in [0.25, 0.3) is 0 Å². The third kappa shape index (κ3) is 2.90. The summed E-state index contributed by atoms with van der Waals surface area (Å²) in [4.78, 5) is 7.65. The van der Waals surface area contributed by atoms with E-state index in [1.54, 1.807) is 0 Å². The topological polar surface area (TPSA) is 37.8 Å². The van der Waals surface area contributed by atoms with Gasteiger partial charge >= 0.3 is 0 Å². The summed E-state index contributed by atoms with van der Waals surface area (Å²) in [5.41, 5.74) is -0.00350. The standard InChI is InChI=1S/C12H11F4N3S/c1-5-7(20-6(2)18-5)3-4-17-10-8(13)11(15)19-12(16)9(10)14/h3-4H2,1-2H3,(H,17,19). The molecular formula is C12H11F4N3S. The van der Waals surface area contributed by atoms with Crippen LogP contribution in [-0.2, 0) is 6.42 Å². The maximum Gasteiger partial charge on any atom is 0.253 e. The van der Waals surface area contributed by atoms with Gasteiger partial charge in [0.25, 0.3) is 11.9 Å². The quantitative estimate of drug-likeness (QED) is 0.695. The Morgan fingerprint density at radius 1 is 1.00 bits per heavy atom. The summed E-state index contributed by atoms with van der Waals surface area (Å²) in [6.45, 7) is 3.80. The number of halogens is 4. The summed E-state index contributed by atoms with van der Waals surface area (Å²) in [5.74, 6) is -6.39. The van der Waals surface area contributed by atoms with Crippen LogP contribution < -0.4 is 5.32 Å². The van der Waals surface area contributed by atoms with Crippen molar-refractivity contribution in [3.8, 4) is 0 Å². The van der Waals surface area contributed by atoms with Gasteiger partial charge < -0.3 is 5.32 Å². The van der Waals surface area contributed by atoms with Crippen LogP contribution >= 0.6 is 11.3 Å². The van der Waals surface area contributed by atoms with Crippen LogP contribution in [0.2, 0.25) is 0 Å². The zero-order valence-corrected chi connectivity index (χ0v) is 11.5. The minimum absolute atomic E-state index is 0.124. The summed E-state index contributed by atoms with van der Waals surface area (Å²) < 4.78 is 52.5. The molecular weight excluding hydrogens is 294 g/mol. The molecule has 20 heavy (non-hydrogen) atoms. The van der Waals surface area contributed by atoms with Crippen molar-refractivity contribution in [2.24, 2.45) is 0 Å². The van der Waals surface area contributed by atoms with Gasteiger partial charge in [-0.15, -0.1) is 11.3 Å². The fraction of sp³-hybridized carbons (Fsp3) is 0.333. The molecule has 0 fully saturated rings. The number of rotatable bonds is 4. The van der Waals surface area contributed by atoms with Crippen molar-refractivity contribution in [1.29, 1.82) is 0 Å². The van der Waals surface area contributed by atoms with Gasteiger partial charge in [0, 0.05) is 17.8 Å². The van der Waals surface area contributed by atoms with Gasteiger partial charge in [0.05, 0.1) is 10.7 Å². The summed E-state index contributed by atoms with van der Waals surface area (Å²) in [6, 6.07) is 0. The molecule has 0 unspecified atom stereocenters. The molecule has 0 aliphatic rings. The molecule has 8 heteroatoms. The lowest BCUT2D eigenvalue weighted by Crippen LogP contribution is -2.12. The number of hydrogen-bond donors (Lipinski definition) is 1. The Balaban J connectivity index is 2.10. The highest BCUT2D eigenvalue weighted by atomic mass is 32.1. The number of hydrogen-bond acceptors (Lipinski definition) is 4. The summed E-state index contributed by atoms with van der Waals surface area (Å²) >= 11 is 1.47. The van der Waals surface area contributed by atoms with Crippen molar-refractivity contribution >= 4 is 17.0 Å². The Kier molecular flexibility index (Phi) is 4.22. The fourth-order valence-electron chi connectivity index (χ4n) is 1.75. The molecule has 0 saturated heterocycles. The lowest BCUT2D eigenvalue weighted by Gasteiger charge is -2.08. The van der Waals surface area contributed by atoms with Gasteiger partial charge in [-0.2, -0.15) is 22.5 Å². The van der Waals surface area contributed by atoms with Crippen LogP contribution in [0.3, 0.4) is 0 Å². The van der Waals surface area contributed by atoms with E-state index in [9.17, 15) is 17.6 Å². The van der Waals surface area contributed by atoms with Crippen LogP contribution in [0.4, 0.5) is 23.2 Å². The smallest absolute Gasteiger partial charge is 0.253 e. The normalized spacial score (nSPS) is 10.9. The average molecular weight is 305 g/mol. The van der Waals surface area contributed by atoms with Crippen LogP contribution in [0.15, 0.2) is 0 Å². The predicted octanol–water partition coefficient (Wildman–Crippen LogP) is 3.37. The largest absolute Gasteiger partial charge is 0.380 e. The van der Waals surface area contributed by atoms with E-state index in [1.165, 1.54) is 11.3 Å². The molecule has 2 aromatic heterocycles. The van der Waals surface area contributed by atoms with Crippen molar-refractivity contribution in [2.75, 3.05) is 11.9 Å². The Morgan fingerprint density at radius 3 is 2.10 bits per heavy atom. The molecule has 0 aliphatic carbocycles. The monoisotopic (exact) mass is 305 g/mol. The van der Waals surface area contributed by atoms with E-state index in [0.717, 1.165) is 15.6 Å². The maximum atomic E-state index is 13.3. The minimum atomic E-state index is -1.67. The van der Waals surface area contributed by atoms with E-state index < -0.39 is 29.2 Å². The van der Waals surface area contributed by atoms with Crippen molar-refractivity contribution < 1.29 is 17.6 Å². The summed E-state index contributed by atoms with van der Waals surface area (Å²) in [5, 5.41) is 3.24. The van der Waals surface area contributed by atoms with Crippen molar-refractivity contribution in [1.82, 2.24) is 9.97 Å². The van der Waals surface area contributed by atoms with E-state index in [1.807, 2.05) is 13.8 Å². The lowest BCUT2D eigenvalue weighted by molar-refractivity contribution is 0.410. The molecule has 1 N–H and O–H groups in total.